The van der Waals surface area contributed by atoms with E-state index < -0.39 is 0 Å². The third kappa shape index (κ3) is 4.72. The van der Waals surface area contributed by atoms with Crippen molar-refractivity contribution in [3.63, 3.8) is 0 Å². The molecule has 0 atom stereocenters. The number of aromatic nitrogens is 3. The second kappa shape index (κ2) is 8.66. The van der Waals surface area contributed by atoms with E-state index in [0.717, 1.165) is 36.1 Å². The summed E-state index contributed by atoms with van der Waals surface area (Å²) in [5.74, 6) is 1.88. The maximum absolute atomic E-state index is 12.1. The molecule has 0 saturated heterocycles. The highest BCUT2D eigenvalue weighted by atomic mass is 32.2. The Morgan fingerprint density at radius 1 is 1.27 bits per heavy atom. The molecular formula is C18H21N5O2S. The van der Waals surface area contributed by atoms with E-state index in [0.29, 0.717) is 16.7 Å². The van der Waals surface area contributed by atoms with Gasteiger partial charge in [0.1, 0.15) is 11.6 Å². The number of aryl methyl sites for hydroxylation is 1. The number of rotatable bonds is 8. The number of benzene rings is 1. The summed E-state index contributed by atoms with van der Waals surface area (Å²) in [5.41, 5.74) is 0.858. The molecule has 2 heterocycles. The first kappa shape index (κ1) is 18.2. The van der Waals surface area contributed by atoms with Gasteiger partial charge in [-0.2, -0.15) is 0 Å². The quantitative estimate of drug-likeness (QED) is 0.353. The minimum Gasteiger partial charge on any atom is -0.369 e. The molecule has 0 aliphatic rings. The number of para-hydroxylation sites is 1. The third-order valence-corrected chi connectivity index (χ3v) is 4.48. The smallest absolute Gasteiger partial charge is 0.236 e. The topological polar surface area (TPSA) is 92.9 Å². The Labute approximate surface area is 156 Å². The molecule has 8 heteroatoms. The number of unbranched alkanes of at least 4 members (excludes halogenated alkanes) is 1. The van der Waals surface area contributed by atoms with Gasteiger partial charge in [-0.25, -0.2) is 9.97 Å². The fourth-order valence-corrected chi connectivity index (χ4v) is 3.02. The molecule has 0 spiro atoms. The lowest BCUT2D eigenvalue weighted by molar-refractivity contribution is -0.113. The Kier molecular flexibility index (Phi) is 6.06. The molecule has 0 radical (unpaired) electrons. The molecule has 2 aromatic heterocycles. The summed E-state index contributed by atoms with van der Waals surface area (Å²) < 4.78 is 4.93. The lowest BCUT2D eigenvalue weighted by Crippen LogP contribution is -2.14. The van der Waals surface area contributed by atoms with E-state index in [1.54, 1.807) is 13.0 Å². The third-order valence-electron chi connectivity index (χ3n) is 3.63. The normalized spacial score (nSPS) is 10.8. The minimum absolute atomic E-state index is 0.180. The Morgan fingerprint density at radius 2 is 2.12 bits per heavy atom. The maximum atomic E-state index is 12.1. The predicted octanol–water partition coefficient (Wildman–Crippen LogP) is 3.87. The molecule has 0 bridgehead atoms. The van der Waals surface area contributed by atoms with Gasteiger partial charge in [0, 0.05) is 18.0 Å². The van der Waals surface area contributed by atoms with Gasteiger partial charge in [0.05, 0.1) is 11.3 Å². The summed E-state index contributed by atoms with van der Waals surface area (Å²) in [5, 5.41) is 11.4. The van der Waals surface area contributed by atoms with E-state index in [9.17, 15) is 4.79 Å². The molecule has 3 rings (SSSR count). The van der Waals surface area contributed by atoms with Gasteiger partial charge < -0.3 is 15.2 Å². The summed E-state index contributed by atoms with van der Waals surface area (Å²) in [6, 6.07) is 9.53. The first-order valence-corrected chi connectivity index (χ1v) is 9.51. The molecule has 1 aromatic carbocycles. The molecule has 0 saturated carbocycles. The Morgan fingerprint density at radius 3 is 2.88 bits per heavy atom. The number of anilines is 2. The van der Waals surface area contributed by atoms with Crippen LogP contribution in [0.1, 0.15) is 25.5 Å². The zero-order valence-electron chi connectivity index (χ0n) is 14.8. The van der Waals surface area contributed by atoms with Crippen LogP contribution in [0.4, 0.5) is 11.6 Å². The molecule has 26 heavy (non-hydrogen) atoms. The van der Waals surface area contributed by atoms with E-state index in [2.05, 4.69) is 32.7 Å². The van der Waals surface area contributed by atoms with Crippen molar-refractivity contribution in [3.8, 4) is 0 Å². The van der Waals surface area contributed by atoms with Gasteiger partial charge in [-0.3, -0.25) is 4.79 Å². The second-order valence-corrected chi connectivity index (χ2v) is 6.75. The van der Waals surface area contributed by atoms with Crippen LogP contribution in [-0.4, -0.2) is 33.3 Å². The van der Waals surface area contributed by atoms with E-state index in [4.69, 9.17) is 4.52 Å². The van der Waals surface area contributed by atoms with Crippen LogP contribution in [0.15, 0.2) is 40.0 Å². The average Bonchev–Trinajstić information content (AvgIpc) is 3.05. The summed E-state index contributed by atoms with van der Waals surface area (Å²) >= 11 is 1.29. The monoisotopic (exact) mass is 371 g/mol. The summed E-state index contributed by atoms with van der Waals surface area (Å²) in [6.45, 7) is 4.77. The number of amides is 1. The summed E-state index contributed by atoms with van der Waals surface area (Å²) in [4.78, 5) is 21.2. The van der Waals surface area contributed by atoms with Crippen molar-refractivity contribution in [2.75, 3.05) is 22.9 Å². The number of thioether (sulfide) groups is 1. The fourth-order valence-electron chi connectivity index (χ4n) is 2.37. The molecule has 7 nitrogen and oxygen atoms in total. The van der Waals surface area contributed by atoms with Crippen molar-refractivity contribution in [2.45, 2.75) is 31.8 Å². The van der Waals surface area contributed by atoms with Crippen LogP contribution in [0.3, 0.4) is 0 Å². The molecule has 3 aromatic rings. The highest BCUT2D eigenvalue weighted by Crippen LogP contribution is 2.24. The van der Waals surface area contributed by atoms with Gasteiger partial charge in [-0.15, -0.1) is 0 Å². The minimum atomic E-state index is -0.180. The maximum Gasteiger partial charge on any atom is 0.236 e. The molecule has 0 aliphatic heterocycles. The largest absolute Gasteiger partial charge is 0.369 e. The Balaban J connectivity index is 1.69. The number of carbonyl (C=O) groups excluding carboxylic acids is 1. The first-order valence-electron chi connectivity index (χ1n) is 8.52. The molecule has 0 fully saturated rings. The first-order chi connectivity index (χ1) is 12.7. The molecule has 0 unspecified atom stereocenters. The lowest BCUT2D eigenvalue weighted by atomic mass is 10.2. The van der Waals surface area contributed by atoms with Gasteiger partial charge in [0.25, 0.3) is 0 Å². The molecular weight excluding hydrogens is 350 g/mol. The van der Waals surface area contributed by atoms with Crippen molar-refractivity contribution in [2.24, 2.45) is 0 Å². The van der Waals surface area contributed by atoms with Gasteiger partial charge >= 0.3 is 0 Å². The van der Waals surface area contributed by atoms with Crippen LogP contribution >= 0.6 is 11.8 Å². The Hall–Kier alpha value is -2.61. The van der Waals surface area contributed by atoms with Crippen molar-refractivity contribution in [1.29, 1.82) is 0 Å². The highest BCUT2D eigenvalue weighted by molar-refractivity contribution is 7.99. The van der Waals surface area contributed by atoms with Crippen LogP contribution in [0.2, 0.25) is 0 Å². The zero-order valence-corrected chi connectivity index (χ0v) is 15.6. The van der Waals surface area contributed by atoms with Gasteiger partial charge in [0.2, 0.25) is 5.91 Å². The number of fused-ring (bicyclic) bond motifs is 1. The SMILES string of the molecule is CCCCNc1nc(SCC(=O)Nc2cc(C)on2)nc2ccccc12. The van der Waals surface area contributed by atoms with Crippen LogP contribution in [-0.2, 0) is 4.79 Å². The standard InChI is InChI=1S/C18H21N5O2S/c1-3-4-9-19-17-13-7-5-6-8-14(13)20-18(22-17)26-11-16(24)21-15-10-12(2)25-23-15/h5-8,10H,3-4,9,11H2,1-2H3,(H,19,20,22)(H,21,23,24). The summed E-state index contributed by atoms with van der Waals surface area (Å²) in [7, 11) is 0. The molecule has 136 valence electrons. The van der Waals surface area contributed by atoms with Crippen LogP contribution in [0, 0.1) is 6.92 Å². The van der Waals surface area contributed by atoms with Crippen molar-refractivity contribution >= 4 is 40.2 Å². The fraction of sp³-hybridized carbons (Fsp3) is 0.333. The van der Waals surface area contributed by atoms with E-state index in [1.807, 2.05) is 24.3 Å². The highest BCUT2D eigenvalue weighted by Gasteiger charge is 2.11. The van der Waals surface area contributed by atoms with E-state index >= 15 is 0 Å². The van der Waals surface area contributed by atoms with Gasteiger partial charge in [-0.05, 0) is 25.5 Å². The van der Waals surface area contributed by atoms with Gasteiger partial charge in [0.15, 0.2) is 11.0 Å². The number of hydrogen-bond donors (Lipinski definition) is 2. The average molecular weight is 371 g/mol. The molecule has 1 amide bonds. The van der Waals surface area contributed by atoms with Crippen molar-refractivity contribution < 1.29 is 9.32 Å². The van der Waals surface area contributed by atoms with Crippen LogP contribution in [0.5, 0.6) is 0 Å². The Bertz CT molecular complexity index is 896. The lowest BCUT2D eigenvalue weighted by Gasteiger charge is -2.10. The number of nitrogens with one attached hydrogen (secondary N) is 2. The van der Waals surface area contributed by atoms with Gasteiger partial charge in [-0.1, -0.05) is 42.4 Å². The van der Waals surface area contributed by atoms with Crippen LogP contribution < -0.4 is 10.6 Å². The summed E-state index contributed by atoms with van der Waals surface area (Å²) in [6.07, 6.45) is 2.18. The molecule has 0 aliphatic carbocycles. The number of hydrogen-bond acceptors (Lipinski definition) is 7. The zero-order chi connectivity index (χ0) is 18.4. The van der Waals surface area contributed by atoms with E-state index in [-0.39, 0.29) is 11.7 Å². The van der Waals surface area contributed by atoms with Crippen molar-refractivity contribution in [3.05, 3.63) is 36.1 Å². The van der Waals surface area contributed by atoms with Crippen molar-refractivity contribution in [1.82, 2.24) is 15.1 Å². The molecule has 2 N–H and O–H groups in total. The van der Waals surface area contributed by atoms with Crippen LogP contribution in [0.25, 0.3) is 10.9 Å². The predicted molar refractivity (Wildman–Crippen MR) is 104 cm³/mol. The number of nitrogens with zero attached hydrogens (tertiary/aromatic N) is 3. The number of carbonyl (C=O) groups is 1. The van der Waals surface area contributed by atoms with E-state index in [1.165, 1.54) is 11.8 Å². The second-order valence-electron chi connectivity index (χ2n) is 5.81.